The van der Waals surface area contributed by atoms with Gasteiger partial charge in [0.2, 0.25) is 0 Å². The molecule has 0 saturated carbocycles. The Hall–Kier alpha value is -1.72. The topological polar surface area (TPSA) is 69.5 Å². The number of anilines is 1. The normalized spacial score (nSPS) is 10.3. The van der Waals surface area contributed by atoms with Gasteiger partial charge in [-0.1, -0.05) is 12.1 Å². The van der Waals surface area contributed by atoms with Crippen molar-refractivity contribution < 1.29 is 10.4 Å². The Morgan fingerprint density at radius 1 is 1.08 bits per heavy atom. The van der Waals surface area contributed by atoms with Crippen molar-refractivity contribution in [2.75, 3.05) is 5.23 Å². The molecule has 5 nitrogen and oxygen atoms in total. The molecule has 1 heterocycles. The maximum Gasteiger partial charge on any atom is 0.194 e. The van der Waals surface area contributed by atoms with Crippen LogP contribution in [0.3, 0.4) is 0 Å². The minimum atomic E-state index is -0.00991. The lowest BCUT2D eigenvalue weighted by Crippen LogP contribution is -2.13. The molecule has 1 aromatic heterocycles. The van der Waals surface area contributed by atoms with Gasteiger partial charge in [-0.15, -0.1) is 5.23 Å². The number of rotatable bonds is 1. The first-order chi connectivity index (χ1) is 6.29. The molecule has 0 aliphatic carbocycles. The summed E-state index contributed by atoms with van der Waals surface area (Å²) in [7, 11) is 0. The summed E-state index contributed by atoms with van der Waals surface area (Å²) in [6, 6.07) is 7.07. The van der Waals surface area contributed by atoms with Gasteiger partial charge in [0.1, 0.15) is 6.33 Å². The highest BCUT2D eigenvalue weighted by Crippen LogP contribution is 2.19. The number of benzene rings is 1. The number of nitrogens with zero attached hydrogens (tertiary/aromatic N) is 3. The van der Waals surface area contributed by atoms with E-state index < -0.39 is 0 Å². The lowest BCUT2D eigenvalue weighted by atomic mass is 10.2. The molecule has 0 saturated heterocycles. The van der Waals surface area contributed by atoms with Gasteiger partial charge in [0, 0.05) is 5.39 Å². The van der Waals surface area contributed by atoms with Gasteiger partial charge in [-0.3, -0.25) is 10.4 Å². The summed E-state index contributed by atoms with van der Waals surface area (Å²) in [6.07, 6.45) is 1.27. The molecule has 0 unspecified atom stereocenters. The van der Waals surface area contributed by atoms with Gasteiger partial charge in [0.15, 0.2) is 5.82 Å². The van der Waals surface area contributed by atoms with E-state index in [2.05, 4.69) is 9.97 Å². The average molecular weight is 177 g/mol. The molecule has 13 heavy (non-hydrogen) atoms. The van der Waals surface area contributed by atoms with Crippen LogP contribution in [-0.2, 0) is 0 Å². The summed E-state index contributed by atoms with van der Waals surface area (Å²) in [4.78, 5) is 7.69. The van der Waals surface area contributed by atoms with E-state index in [0.717, 1.165) is 0 Å². The van der Waals surface area contributed by atoms with Gasteiger partial charge in [-0.2, -0.15) is 0 Å². The third-order valence-electron chi connectivity index (χ3n) is 1.71. The molecule has 0 bridgehead atoms. The molecule has 0 aliphatic rings. The molecule has 0 aliphatic heterocycles. The maximum absolute atomic E-state index is 8.82. The van der Waals surface area contributed by atoms with Crippen molar-refractivity contribution in [3.05, 3.63) is 30.6 Å². The van der Waals surface area contributed by atoms with Crippen LogP contribution in [0.25, 0.3) is 10.9 Å². The minimum absolute atomic E-state index is 0.00991. The van der Waals surface area contributed by atoms with Crippen LogP contribution in [0, 0.1) is 0 Å². The molecule has 0 atom stereocenters. The predicted octanol–water partition coefficient (Wildman–Crippen LogP) is 1.21. The molecule has 0 spiro atoms. The summed E-state index contributed by atoms with van der Waals surface area (Å²) in [5, 5.41) is 18.2. The zero-order valence-corrected chi connectivity index (χ0v) is 6.62. The molecule has 1 aromatic carbocycles. The third kappa shape index (κ3) is 1.30. The van der Waals surface area contributed by atoms with E-state index in [0.29, 0.717) is 10.9 Å². The van der Waals surface area contributed by atoms with Gasteiger partial charge in [0.05, 0.1) is 5.52 Å². The van der Waals surface area contributed by atoms with Gasteiger partial charge in [-0.05, 0) is 12.1 Å². The largest absolute Gasteiger partial charge is 0.262 e. The Morgan fingerprint density at radius 2 is 1.85 bits per heavy atom. The van der Waals surface area contributed by atoms with Crippen LogP contribution in [0.15, 0.2) is 30.6 Å². The van der Waals surface area contributed by atoms with Crippen LogP contribution in [0.4, 0.5) is 5.82 Å². The quantitative estimate of drug-likeness (QED) is 0.641. The summed E-state index contributed by atoms with van der Waals surface area (Å²) in [6.45, 7) is 0. The van der Waals surface area contributed by atoms with Crippen LogP contribution in [0.1, 0.15) is 0 Å². The standard InChI is InChI=1S/C8H7N3O2/c12-11(13)8-6-3-1-2-4-7(6)9-5-10-8/h1-5,12-13H. The Balaban J connectivity index is 2.76. The van der Waals surface area contributed by atoms with Crippen molar-refractivity contribution in [2.45, 2.75) is 0 Å². The van der Waals surface area contributed by atoms with Crippen LogP contribution < -0.4 is 5.23 Å². The molecule has 2 rings (SSSR count). The number of hydrogen-bond donors (Lipinski definition) is 2. The SMILES string of the molecule is ON(O)c1ncnc2ccccc12. The highest BCUT2D eigenvalue weighted by atomic mass is 16.8. The van der Waals surface area contributed by atoms with Crippen LogP contribution in [0.2, 0.25) is 0 Å². The fraction of sp³-hybridized carbons (Fsp3) is 0. The van der Waals surface area contributed by atoms with Crippen molar-refractivity contribution in [3.63, 3.8) is 0 Å². The predicted molar refractivity (Wildman–Crippen MR) is 45.6 cm³/mol. The first-order valence-electron chi connectivity index (χ1n) is 3.66. The van der Waals surface area contributed by atoms with E-state index in [-0.39, 0.29) is 11.0 Å². The van der Waals surface area contributed by atoms with Gasteiger partial charge in [0.25, 0.3) is 0 Å². The van der Waals surface area contributed by atoms with Crippen LogP contribution in [0.5, 0.6) is 0 Å². The molecule has 2 N–H and O–H groups in total. The smallest absolute Gasteiger partial charge is 0.194 e. The molecular formula is C8H7N3O2. The Bertz CT molecular complexity index is 425. The Morgan fingerprint density at radius 3 is 2.62 bits per heavy atom. The van der Waals surface area contributed by atoms with Gasteiger partial charge >= 0.3 is 0 Å². The fourth-order valence-corrected chi connectivity index (χ4v) is 1.15. The highest BCUT2D eigenvalue weighted by molar-refractivity contribution is 5.88. The second-order valence-electron chi connectivity index (χ2n) is 2.50. The van der Waals surface area contributed by atoms with E-state index >= 15 is 0 Å². The van der Waals surface area contributed by atoms with E-state index in [9.17, 15) is 0 Å². The molecule has 66 valence electrons. The highest BCUT2D eigenvalue weighted by Gasteiger charge is 2.06. The third-order valence-corrected chi connectivity index (χ3v) is 1.71. The second-order valence-corrected chi connectivity index (χ2v) is 2.50. The monoisotopic (exact) mass is 177 g/mol. The maximum atomic E-state index is 8.82. The molecule has 5 heteroatoms. The Labute approximate surface area is 73.8 Å². The van der Waals surface area contributed by atoms with Crippen molar-refractivity contribution in [2.24, 2.45) is 0 Å². The minimum Gasteiger partial charge on any atom is -0.262 e. The van der Waals surface area contributed by atoms with Crippen molar-refractivity contribution in [1.29, 1.82) is 0 Å². The zero-order valence-electron chi connectivity index (χ0n) is 6.62. The first-order valence-corrected chi connectivity index (χ1v) is 3.66. The van der Waals surface area contributed by atoms with E-state index in [4.69, 9.17) is 10.4 Å². The summed E-state index contributed by atoms with van der Waals surface area (Å²) in [5.41, 5.74) is 0.667. The summed E-state index contributed by atoms with van der Waals surface area (Å²) >= 11 is 0. The van der Waals surface area contributed by atoms with E-state index in [1.54, 1.807) is 18.2 Å². The van der Waals surface area contributed by atoms with Gasteiger partial charge < -0.3 is 0 Å². The number of hydrogen-bond acceptors (Lipinski definition) is 5. The zero-order chi connectivity index (χ0) is 9.26. The second kappa shape index (κ2) is 2.96. The number of para-hydroxylation sites is 1. The van der Waals surface area contributed by atoms with E-state index in [1.807, 2.05) is 6.07 Å². The van der Waals surface area contributed by atoms with Crippen molar-refractivity contribution >= 4 is 16.7 Å². The lowest BCUT2D eigenvalue weighted by molar-refractivity contribution is 0.0276. The van der Waals surface area contributed by atoms with Gasteiger partial charge in [-0.25, -0.2) is 9.97 Å². The number of aromatic nitrogens is 2. The molecule has 0 amide bonds. The number of fused-ring (bicyclic) bond motifs is 1. The van der Waals surface area contributed by atoms with Crippen LogP contribution >= 0.6 is 0 Å². The van der Waals surface area contributed by atoms with Crippen molar-refractivity contribution in [1.82, 2.24) is 9.97 Å². The van der Waals surface area contributed by atoms with Crippen molar-refractivity contribution in [3.8, 4) is 0 Å². The average Bonchev–Trinajstić information content (AvgIpc) is 2.17. The van der Waals surface area contributed by atoms with Crippen LogP contribution in [-0.4, -0.2) is 20.4 Å². The molecule has 0 radical (unpaired) electrons. The molecular weight excluding hydrogens is 170 g/mol. The van der Waals surface area contributed by atoms with E-state index in [1.165, 1.54) is 6.33 Å². The molecule has 2 aromatic rings. The first kappa shape index (κ1) is 7.90. The molecule has 0 fully saturated rings. The summed E-state index contributed by atoms with van der Waals surface area (Å²) in [5.74, 6) is 0.0746. The summed E-state index contributed by atoms with van der Waals surface area (Å²) < 4.78 is 0. The lowest BCUT2D eigenvalue weighted by Gasteiger charge is -2.08. The fourth-order valence-electron chi connectivity index (χ4n) is 1.15. The Kier molecular flexibility index (Phi) is 1.80.